The fraction of sp³-hybridized carbons (Fsp3) is 0.176. The van der Waals surface area contributed by atoms with Gasteiger partial charge in [0.1, 0.15) is 0 Å². The molecule has 0 aliphatic rings. The van der Waals surface area contributed by atoms with Gasteiger partial charge in [-0.1, -0.05) is 0 Å². The predicted octanol–water partition coefficient (Wildman–Crippen LogP) is 3.52. The Kier molecular flexibility index (Phi) is 5.97. The first-order valence-electron chi connectivity index (χ1n) is 6.87. The molecule has 0 fully saturated rings. The lowest BCUT2D eigenvalue weighted by Gasteiger charge is -2.11. The summed E-state index contributed by atoms with van der Waals surface area (Å²) in [6, 6.07) is 12.3. The molecule has 0 unspecified atom stereocenters. The number of amides is 1. The Morgan fingerprint density at radius 3 is 2.39 bits per heavy atom. The molecule has 0 aromatic heterocycles. The van der Waals surface area contributed by atoms with Crippen LogP contribution in [0.15, 0.2) is 42.5 Å². The van der Waals surface area contributed by atoms with Crippen LogP contribution in [0.2, 0.25) is 0 Å². The van der Waals surface area contributed by atoms with Crippen LogP contribution >= 0.6 is 22.6 Å². The Morgan fingerprint density at radius 1 is 1.09 bits per heavy atom. The number of hydrogen-bond acceptors (Lipinski definition) is 4. The number of carbonyl (C=O) groups is 2. The van der Waals surface area contributed by atoms with Crippen molar-refractivity contribution in [2.75, 3.05) is 19.0 Å². The van der Waals surface area contributed by atoms with Crippen LogP contribution < -0.4 is 14.8 Å². The number of halogens is 1. The van der Waals surface area contributed by atoms with Crippen LogP contribution in [0.3, 0.4) is 0 Å². The second-order valence-electron chi connectivity index (χ2n) is 4.77. The van der Waals surface area contributed by atoms with Gasteiger partial charge in [-0.25, -0.2) is 0 Å². The first-order valence-corrected chi connectivity index (χ1v) is 7.94. The van der Waals surface area contributed by atoms with Gasteiger partial charge in [0, 0.05) is 14.8 Å². The van der Waals surface area contributed by atoms with Crippen LogP contribution in [0, 0.1) is 3.57 Å². The number of hydrogen-bond donors (Lipinski definition) is 1. The summed E-state index contributed by atoms with van der Waals surface area (Å²) in [4.78, 5) is 23.3. The predicted molar refractivity (Wildman–Crippen MR) is 96.3 cm³/mol. The van der Waals surface area contributed by atoms with Crippen molar-refractivity contribution in [2.45, 2.75) is 6.92 Å². The monoisotopic (exact) mass is 425 g/mol. The molecule has 6 heteroatoms. The second kappa shape index (κ2) is 7.96. The first kappa shape index (κ1) is 17.3. The molecular weight excluding hydrogens is 409 g/mol. The minimum atomic E-state index is -0.274. The average molecular weight is 425 g/mol. The quantitative estimate of drug-likeness (QED) is 0.569. The highest BCUT2D eigenvalue weighted by molar-refractivity contribution is 14.1. The van der Waals surface area contributed by atoms with E-state index in [-0.39, 0.29) is 18.3 Å². The number of methoxy groups -OCH3 is 1. The van der Waals surface area contributed by atoms with Crippen molar-refractivity contribution in [3.63, 3.8) is 0 Å². The Morgan fingerprint density at radius 2 is 1.78 bits per heavy atom. The van der Waals surface area contributed by atoms with Crippen LogP contribution in [-0.2, 0) is 4.79 Å². The third-order valence-corrected chi connectivity index (χ3v) is 3.78. The molecule has 0 heterocycles. The smallest absolute Gasteiger partial charge is 0.262 e. The molecule has 2 aromatic rings. The lowest BCUT2D eigenvalue weighted by molar-refractivity contribution is -0.118. The highest BCUT2D eigenvalue weighted by Gasteiger charge is 2.10. The molecule has 1 amide bonds. The molecule has 0 radical (unpaired) electrons. The van der Waals surface area contributed by atoms with Gasteiger partial charge in [-0.05, 0) is 72.0 Å². The zero-order chi connectivity index (χ0) is 16.8. The number of rotatable bonds is 6. The summed E-state index contributed by atoms with van der Waals surface area (Å²) in [5.41, 5.74) is 1.23. The molecule has 0 aliphatic heterocycles. The molecule has 0 atom stereocenters. The molecule has 0 spiro atoms. The van der Waals surface area contributed by atoms with E-state index in [1.54, 1.807) is 18.2 Å². The Hall–Kier alpha value is -2.09. The lowest BCUT2D eigenvalue weighted by atomic mass is 10.1. The normalized spacial score (nSPS) is 10.0. The van der Waals surface area contributed by atoms with E-state index in [1.807, 2.05) is 24.3 Å². The zero-order valence-corrected chi connectivity index (χ0v) is 14.9. The number of ketones is 1. The number of carbonyl (C=O) groups excluding carboxylic acids is 2. The maximum atomic E-state index is 11.9. The summed E-state index contributed by atoms with van der Waals surface area (Å²) in [6.45, 7) is 1.32. The van der Waals surface area contributed by atoms with Gasteiger partial charge in [-0.2, -0.15) is 0 Å². The Balaban J connectivity index is 1.98. The minimum absolute atomic E-state index is 0.0636. The van der Waals surface area contributed by atoms with Gasteiger partial charge in [0.2, 0.25) is 0 Å². The number of nitrogens with one attached hydrogen (secondary N) is 1. The van der Waals surface area contributed by atoms with Gasteiger partial charge >= 0.3 is 0 Å². The van der Waals surface area contributed by atoms with E-state index >= 15 is 0 Å². The van der Waals surface area contributed by atoms with Crippen LogP contribution in [0.1, 0.15) is 17.3 Å². The summed E-state index contributed by atoms with van der Waals surface area (Å²) in [6.07, 6.45) is 0. The maximum absolute atomic E-state index is 11.9. The van der Waals surface area contributed by atoms with Crippen LogP contribution in [0.25, 0.3) is 0 Å². The van der Waals surface area contributed by atoms with E-state index in [4.69, 9.17) is 9.47 Å². The molecule has 23 heavy (non-hydrogen) atoms. The zero-order valence-electron chi connectivity index (χ0n) is 12.8. The SMILES string of the molecule is COc1cc(C(C)=O)ccc1OCC(=O)Nc1ccc(I)cc1. The molecule has 2 aromatic carbocycles. The summed E-state index contributed by atoms with van der Waals surface area (Å²) in [5, 5.41) is 2.74. The van der Waals surface area contributed by atoms with Crippen LogP contribution in [0.5, 0.6) is 11.5 Å². The molecule has 120 valence electrons. The summed E-state index contributed by atoms with van der Waals surface area (Å²) < 4.78 is 11.8. The first-order chi connectivity index (χ1) is 11.0. The average Bonchev–Trinajstić information content (AvgIpc) is 2.54. The van der Waals surface area contributed by atoms with Crippen molar-refractivity contribution in [1.82, 2.24) is 0 Å². The molecule has 5 nitrogen and oxygen atoms in total. The minimum Gasteiger partial charge on any atom is -0.493 e. The van der Waals surface area contributed by atoms with E-state index in [2.05, 4.69) is 27.9 Å². The summed E-state index contributed by atoms with van der Waals surface area (Å²) >= 11 is 2.19. The number of Topliss-reactive ketones (excluding diaryl/α,β-unsaturated/α-hetero) is 1. The molecule has 1 N–H and O–H groups in total. The van der Waals surface area contributed by atoms with E-state index in [0.29, 0.717) is 22.7 Å². The molecule has 2 rings (SSSR count). The lowest BCUT2D eigenvalue weighted by Crippen LogP contribution is -2.20. The van der Waals surface area contributed by atoms with Gasteiger partial charge in [0.25, 0.3) is 5.91 Å². The van der Waals surface area contributed by atoms with E-state index < -0.39 is 0 Å². The molecule has 0 bridgehead atoms. The van der Waals surface area contributed by atoms with Gasteiger partial charge in [-0.3, -0.25) is 9.59 Å². The fourth-order valence-electron chi connectivity index (χ4n) is 1.88. The van der Waals surface area contributed by atoms with Gasteiger partial charge in [0.05, 0.1) is 7.11 Å². The van der Waals surface area contributed by atoms with Crippen molar-refractivity contribution in [2.24, 2.45) is 0 Å². The molecule has 0 saturated carbocycles. The highest BCUT2D eigenvalue weighted by Crippen LogP contribution is 2.28. The van der Waals surface area contributed by atoms with E-state index in [1.165, 1.54) is 14.0 Å². The number of anilines is 1. The van der Waals surface area contributed by atoms with Crippen molar-refractivity contribution in [1.29, 1.82) is 0 Å². The second-order valence-corrected chi connectivity index (χ2v) is 6.01. The van der Waals surface area contributed by atoms with Crippen LogP contribution in [-0.4, -0.2) is 25.4 Å². The van der Waals surface area contributed by atoms with Crippen molar-refractivity contribution in [3.8, 4) is 11.5 Å². The van der Waals surface area contributed by atoms with Gasteiger partial charge in [0.15, 0.2) is 23.9 Å². The van der Waals surface area contributed by atoms with E-state index in [9.17, 15) is 9.59 Å². The third kappa shape index (κ3) is 4.95. The largest absolute Gasteiger partial charge is 0.493 e. The topological polar surface area (TPSA) is 64.6 Å². The van der Waals surface area contributed by atoms with Crippen LogP contribution in [0.4, 0.5) is 5.69 Å². The van der Waals surface area contributed by atoms with E-state index in [0.717, 1.165) is 3.57 Å². The summed E-state index contributed by atoms with van der Waals surface area (Å²) in [5.74, 6) is 0.491. The van der Waals surface area contributed by atoms with Crippen molar-refractivity contribution < 1.29 is 19.1 Å². The van der Waals surface area contributed by atoms with Crippen molar-refractivity contribution >= 4 is 40.0 Å². The fourth-order valence-corrected chi connectivity index (χ4v) is 2.24. The maximum Gasteiger partial charge on any atom is 0.262 e. The molecule has 0 saturated heterocycles. The number of ether oxygens (including phenoxy) is 2. The molecular formula is C17H16INO4. The van der Waals surface area contributed by atoms with Crippen molar-refractivity contribution in [3.05, 3.63) is 51.6 Å². The Bertz CT molecular complexity index is 713. The number of benzene rings is 2. The standard InChI is InChI=1S/C17H16INO4/c1-11(20)12-3-8-15(16(9-12)22-2)23-10-17(21)19-14-6-4-13(18)5-7-14/h3-9H,10H2,1-2H3,(H,19,21). The molecule has 0 aliphatic carbocycles. The van der Waals surface area contributed by atoms with Gasteiger partial charge < -0.3 is 14.8 Å². The Labute approximate surface area is 148 Å². The highest BCUT2D eigenvalue weighted by atomic mass is 127. The third-order valence-electron chi connectivity index (χ3n) is 3.06. The van der Waals surface area contributed by atoms with Gasteiger partial charge in [-0.15, -0.1) is 0 Å². The summed E-state index contributed by atoms with van der Waals surface area (Å²) in [7, 11) is 1.48.